The maximum atomic E-state index is 12.5. The van der Waals surface area contributed by atoms with Gasteiger partial charge in [-0.05, 0) is 64.0 Å². The number of anilines is 2. The average molecular weight is 590 g/mol. The molecule has 9 nitrogen and oxygen atoms in total. The molecule has 0 saturated heterocycles. The number of hydrogen-bond acceptors (Lipinski definition) is 6. The molecule has 3 rings (SSSR count). The molecule has 0 radical (unpaired) electrons. The number of nitrogens with zero attached hydrogens (tertiary/aromatic N) is 2. The fourth-order valence-corrected chi connectivity index (χ4v) is 3.66. The third-order valence-electron chi connectivity index (χ3n) is 4.51. The summed E-state index contributed by atoms with van der Waals surface area (Å²) in [4.78, 5) is 35.0. The fourth-order valence-electron chi connectivity index (χ4n) is 2.85. The largest absolute Gasteiger partial charge is 0.483 e. The van der Waals surface area contributed by atoms with Crippen molar-refractivity contribution < 1.29 is 19.2 Å². The molecule has 36 heavy (non-hydrogen) atoms. The molecule has 0 fully saturated rings. The lowest BCUT2D eigenvalue weighted by Crippen LogP contribution is -2.20. The number of nitrogens with one attached hydrogen (secondary N) is 2. The van der Waals surface area contributed by atoms with Crippen LogP contribution < -0.4 is 15.4 Å². The van der Waals surface area contributed by atoms with Crippen LogP contribution in [0.2, 0.25) is 10.0 Å². The van der Waals surface area contributed by atoms with E-state index in [1.165, 1.54) is 36.4 Å². The number of halogens is 3. The Bertz CT molecular complexity index is 1420. The quantitative estimate of drug-likeness (QED) is 0.138. The summed E-state index contributed by atoms with van der Waals surface area (Å²) < 4.78 is 6.01. The molecule has 0 spiro atoms. The van der Waals surface area contributed by atoms with Gasteiger partial charge in [-0.1, -0.05) is 35.3 Å². The van der Waals surface area contributed by atoms with Gasteiger partial charge in [-0.15, -0.1) is 0 Å². The predicted molar refractivity (Wildman–Crippen MR) is 140 cm³/mol. The summed E-state index contributed by atoms with van der Waals surface area (Å²) >= 11 is 15.1. The van der Waals surface area contributed by atoms with Gasteiger partial charge in [0.25, 0.3) is 17.5 Å². The van der Waals surface area contributed by atoms with Crippen molar-refractivity contribution >= 4 is 74.1 Å². The van der Waals surface area contributed by atoms with Gasteiger partial charge in [0, 0.05) is 23.5 Å². The zero-order chi connectivity index (χ0) is 26.2. The number of hydrogen-bond donors (Lipinski definition) is 2. The maximum absolute atomic E-state index is 12.5. The minimum atomic E-state index is -0.728. The van der Waals surface area contributed by atoms with Crippen LogP contribution in [0.1, 0.15) is 5.56 Å². The van der Waals surface area contributed by atoms with Gasteiger partial charge < -0.3 is 15.4 Å². The van der Waals surface area contributed by atoms with Crippen molar-refractivity contribution in [1.82, 2.24) is 0 Å². The molecule has 0 saturated carbocycles. The molecule has 0 heterocycles. The number of nitriles is 1. The summed E-state index contributed by atoms with van der Waals surface area (Å²) in [5, 5.41) is 26.1. The van der Waals surface area contributed by atoms with E-state index in [0.717, 1.165) is 0 Å². The Balaban J connectivity index is 1.64. The van der Waals surface area contributed by atoms with Crippen LogP contribution in [-0.2, 0) is 9.59 Å². The summed E-state index contributed by atoms with van der Waals surface area (Å²) in [6, 6.07) is 16.6. The van der Waals surface area contributed by atoms with Crippen LogP contribution in [0, 0.1) is 21.4 Å². The van der Waals surface area contributed by atoms with Crippen LogP contribution in [0.5, 0.6) is 5.75 Å². The summed E-state index contributed by atoms with van der Waals surface area (Å²) in [5.74, 6) is -0.793. The second-order valence-electron chi connectivity index (χ2n) is 7.09. The Morgan fingerprint density at radius 3 is 2.47 bits per heavy atom. The minimum absolute atomic E-state index is 0.180. The van der Waals surface area contributed by atoms with Crippen molar-refractivity contribution in [3.05, 3.63) is 96.4 Å². The van der Waals surface area contributed by atoms with Gasteiger partial charge in [-0.2, -0.15) is 5.26 Å². The molecule has 0 aliphatic carbocycles. The first-order valence-corrected chi connectivity index (χ1v) is 11.6. The Labute approximate surface area is 223 Å². The summed E-state index contributed by atoms with van der Waals surface area (Å²) in [6.07, 6.45) is 1.35. The van der Waals surface area contributed by atoms with Crippen LogP contribution in [0.15, 0.2) is 70.7 Å². The normalized spacial score (nSPS) is 10.8. The van der Waals surface area contributed by atoms with Gasteiger partial charge in [0.2, 0.25) is 0 Å². The van der Waals surface area contributed by atoms with Crippen LogP contribution in [0.3, 0.4) is 0 Å². The SMILES string of the molecule is N#C/C(=C/c1ccc(OCC(=O)Nc2ccc(Cl)c(Cl)c2)c(Br)c1)C(=O)Nc1cccc([N+](=O)[O-])c1. The molecule has 3 aromatic carbocycles. The van der Waals surface area contributed by atoms with Crippen LogP contribution >= 0.6 is 39.1 Å². The lowest BCUT2D eigenvalue weighted by molar-refractivity contribution is -0.384. The summed E-state index contributed by atoms with van der Waals surface area (Å²) in [5.41, 5.74) is 0.730. The fraction of sp³-hybridized carbons (Fsp3) is 0.0417. The maximum Gasteiger partial charge on any atom is 0.271 e. The Morgan fingerprint density at radius 1 is 1.06 bits per heavy atom. The second kappa shape index (κ2) is 12.2. The average Bonchev–Trinajstić information content (AvgIpc) is 2.84. The number of non-ortho nitro benzene ring substituents is 1. The molecular weight excluding hydrogens is 575 g/mol. The van der Waals surface area contributed by atoms with Crippen molar-refractivity contribution in [2.75, 3.05) is 17.2 Å². The van der Waals surface area contributed by atoms with E-state index < -0.39 is 16.7 Å². The number of carbonyl (C=O) groups excluding carboxylic acids is 2. The van der Waals surface area contributed by atoms with E-state index in [-0.39, 0.29) is 23.6 Å². The van der Waals surface area contributed by atoms with Gasteiger partial charge in [-0.3, -0.25) is 19.7 Å². The molecule has 0 unspecified atom stereocenters. The standard InChI is InChI=1S/C24H15BrCl2N4O5/c25-19-9-14(8-15(12-28)24(33)30-16-2-1-3-18(10-16)31(34)35)4-7-22(19)36-13-23(32)29-17-5-6-20(26)21(27)11-17/h1-11H,13H2,(H,29,32)(H,30,33)/b15-8-. The van der Waals surface area contributed by atoms with Crippen LogP contribution in [0.25, 0.3) is 6.08 Å². The number of ether oxygens (including phenoxy) is 1. The molecule has 0 aliphatic heterocycles. The van der Waals surface area contributed by atoms with E-state index in [9.17, 15) is 25.0 Å². The molecule has 0 aromatic heterocycles. The topological polar surface area (TPSA) is 134 Å². The predicted octanol–water partition coefficient (Wildman–Crippen LogP) is 6.23. The zero-order valence-corrected chi connectivity index (χ0v) is 21.2. The number of benzene rings is 3. The van der Waals surface area contributed by atoms with Gasteiger partial charge in [0.15, 0.2) is 6.61 Å². The zero-order valence-electron chi connectivity index (χ0n) is 18.1. The molecular formula is C24H15BrCl2N4O5. The lowest BCUT2D eigenvalue weighted by atomic mass is 10.1. The van der Waals surface area contributed by atoms with E-state index in [1.807, 2.05) is 6.07 Å². The highest BCUT2D eigenvalue weighted by atomic mass is 79.9. The van der Waals surface area contributed by atoms with Crippen molar-refractivity contribution in [2.24, 2.45) is 0 Å². The first-order chi connectivity index (χ1) is 17.2. The molecule has 0 bridgehead atoms. The highest BCUT2D eigenvalue weighted by molar-refractivity contribution is 9.10. The Kier molecular flexibility index (Phi) is 9.02. The molecule has 3 aromatic rings. The summed E-state index contributed by atoms with van der Waals surface area (Å²) in [6.45, 7) is -0.289. The molecule has 2 N–H and O–H groups in total. The third-order valence-corrected chi connectivity index (χ3v) is 5.87. The van der Waals surface area contributed by atoms with Gasteiger partial charge in [0.1, 0.15) is 17.4 Å². The van der Waals surface area contributed by atoms with Gasteiger partial charge in [-0.25, -0.2) is 0 Å². The highest BCUT2D eigenvalue weighted by Crippen LogP contribution is 2.28. The van der Waals surface area contributed by atoms with Crippen LogP contribution in [0.4, 0.5) is 17.1 Å². The molecule has 182 valence electrons. The first-order valence-electron chi connectivity index (χ1n) is 10.0. The third kappa shape index (κ3) is 7.29. The van der Waals surface area contributed by atoms with Crippen molar-refractivity contribution in [2.45, 2.75) is 0 Å². The molecule has 0 atom stereocenters. The van der Waals surface area contributed by atoms with E-state index in [1.54, 1.807) is 30.3 Å². The van der Waals surface area contributed by atoms with E-state index in [2.05, 4.69) is 26.6 Å². The smallest absolute Gasteiger partial charge is 0.271 e. The van der Waals surface area contributed by atoms with Gasteiger partial charge >= 0.3 is 0 Å². The van der Waals surface area contributed by atoms with Crippen molar-refractivity contribution in [3.8, 4) is 11.8 Å². The molecule has 12 heteroatoms. The van der Waals surface area contributed by atoms with E-state index in [0.29, 0.717) is 31.5 Å². The Hall–Kier alpha value is -3.91. The lowest BCUT2D eigenvalue weighted by Gasteiger charge is -2.10. The molecule has 0 aliphatic rings. The van der Waals surface area contributed by atoms with E-state index >= 15 is 0 Å². The van der Waals surface area contributed by atoms with E-state index in [4.69, 9.17) is 27.9 Å². The first kappa shape index (κ1) is 26.7. The number of carbonyl (C=O) groups is 2. The number of amides is 2. The second-order valence-corrected chi connectivity index (χ2v) is 8.76. The number of nitro groups is 1. The van der Waals surface area contributed by atoms with Crippen molar-refractivity contribution in [3.63, 3.8) is 0 Å². The number of nitro benzene ring substituents is 1. The van der Waals surface area contributed by atoms with Crippen LogP contribution in [-0.4, -0.2) is 23.3 Å². The minimum Gasteiger partial charge on any atom is -0.483 e. The summed E-state index contributed by atoms with van der Waals surface area (Å²) in [7, 11) is 0. The molecule has 2 amide bonds. The monoisotopic (exact) mass is 588 g/mol. The Morgan fingerprint density at radius 2 is 1.81 bits per heavy atom. The number of rotatable bonds is 8. The van der Waals surface area contributed by atoms with Gasteiger partial charge in [0.05, 0.1) is 19.4 Å². The van der Waals surface area contributed by atoms with Crippen molar-refractivity contribution in [1.29, 1.82) is 5.26 Å². The highest BCUT2D eigenvalue weighted by Gasteiger charge is 2.13.